The summed E-state index contributed by atoms with van der Waals surface area (Å²) in [7, 11) is 0. The van der Waals surface area contributed by atoms with E-state index in [0.717, 1.165) is 6.42 Å². The molecule has 0 radical (unpaired) electrons. The zero-order chi connectivity index (χ0) is 11.9. The van der Waals surface area contributed by atoms with Crippen LogP contribution in [-0.4, -0.2) is 11.7 Å². The maximum absolute atomic E-state index is 8.61. The molecule has 0 atom stereocenters. The van der Waals surface area contributed by atoms with Gasteiger partial charge in [-0.3, -0.25) is 0 Å². The van der Waals surface area contributed by atoms with Crippen molar-refractivity contribution in [1.82, 2.24) is 0 Å². The number of rotatable bonds is 12. The zero-order valence-electron chi connectivity index (χ0n) is 11.1. The standard InChI is InChI=1S/C15H30O/c1-2-3-4-5-6-7-8-9-10-11-12-13-14-15-16/h8-9,16H,2-7,10-15H2,1H3/b9-8-. The average Bonchev–Trinajstić information content (AvgIpc) is 2.31. The van der Waals surface area contributed by atoms with Crippen LogP contribution in [0.2, 0.25) is 0 Å². The van der Waals surface area contributed by atoms with Crippen LogP contribution in [-0.2, 0) is 0 Å². The number of aliphatic hydroxyl groups excluding tert-OH is 1. The van der Waals surface area contributed by atoms with E-state index in [0.29, 0.717) is 6.61 Å². The van der Waals surface area contributed by atoms with Gasteiger partial charge in [-0.05, 0) is 32.1 Å². The predicted octanol–water partition coefficient (Wildman–Crippen LogP) is 4.85. The number of hydrogen-bond donors (Lipinski definition) is 1. The molecule has 0 bridgehead atoms. The van der Waals surface area contributed by atoms with Crippen molar-refractivity contribution in [1.29, 1.82) is 0 Å². The summed E-state index contributed by atoms with van der Waals surface area (Å²) in [6, 6.07) is 0. The molecule has 0 amide bonds. The molecule has 0 spiro atoms. The Kier molecular flexibility index (Phi) is 14.4. The molecule has 1 heteroatoms. The van der Waals surface area contributed by atoms with E-state index < -0.39 is 0 Å². The second-order valence-corrected chi connectivity index (χ2v) is 4.60. The van der Waals surface area contributed by atoms with Crippen molar-refractivity contribution >= 4 is 0 Å². The molecule has 1 N–H and O–H groups in total. The van der Waals surface area contributed by atoms with Gasteiger partial charge in [-0.15, -0.1) is 0 Å². The maximum Gasteiger partial charge on any atom is 0.0431 e. The van der Waals surface area contributed by atoms with Crippen LogP contribution in [0, 0.1) is 0 Å². The molecule has 0 saturated carbocycles. The second kappa shape index (κ2) is 14.7. The smallest absolute Gasteiger partial charge is 0.0431 e. The van der Waals surface area contributed by atoms with Crippen molar-refractivity contribution in [3.8, 4) is 0 Å². The summed E-state index contributed by atoms with van der Waals surface area (Å²) in [5.74, 6) is 0. The van der Waals surface area contributed by atoms with Gasteiger partial charge in [0.15, 0.2) is 0 Å². The molecule has 0 saturated heterocycles. The molecule has 0 aromatic rings. The Hall–Kier alpha value is -0.300. The Labute approximate surface area is 102 Å². The molecule has 0 unspecified atom stereocenters. The Balaban J connectivity index is 2.98. The lowest BCUT2D eigenvalue weighted by Gasteiger charge is -1.97. The first-order valence-corrected chi connectivity index (χ1v) is 7.17. The van der Waals surface area contributed by atoms with Crippen LogP contribution < -0.4 is 0 Å². The minimum absolute atomic E-state index is 0.355. The number of unbranched alkanes of at least 4 members (excludes halogenated alkanes) is 9. The van der Waals surface area contributed by atoms with Crippen molar-refractivity contribution in [3.63, 3.8) is 0 Å². The monoisotopic (exact) mass is 226 g/mol. The molecule has 96 valence electrons. The highest BCUT2D eigenvalue weighted by Crippen LogP contribution is 2.07. The Morgan fingerprint density at radius 2 is 1.19 bits per heavy atom. The number of allylic oxidation sites excluding steroid dienone is 2. The van der Waals surface area contributed by atoms with Gasteiger partial charge in [0.1, 0.15) is 0 Å². The molecular formula is C15H30O. The summed E-state index contributed by atoms with van der Waals surface area (Å²) in [5.41, 5.74) is 0. The minimum atomic E-state index is 0.355. The lowest BCUT2D eigenvalue weighted by Crippen LogP contribution is -1.82. The summed E-state index contributed by atoms with van der Waals surface area (Å²) in [6.45, 7) is 2.62. The molecule has 0 aliphatic rings. The topological polar surface area (TPSA) is 20.2 Å². The Morgan fingerprint density at radius 1 is 0.688 bits per heavy atom. The van der Waals surface area contributed by atoms with Crippen molar-refractivity contribution in [2.24, 2.45) is 0 Å². The highest BCUT2D eigenvalue weighted by molar-refractivity contribution is 4.81. The summed E-state index contributed by atoms with van der Waals surface area (Å²) >= 11 is 0. The third kappa shape index (κ3) is 13.7. The fourth-order valence-electron chi connectivity index (χ4n) is 1.83. The molecule has 1 nitrogen and oxygen atoms in total. The summed E-state index contributed by atoms with van der Waals surface area (Å²) in [4.78, 5) is 0. The van der Waals surface area contributed by atoms with Crippen molar-refractivity contribution in [3.05, 3.63) is 12.2 Å². The van der Waals surface area contributed by atoms with E-state index >= 15 is 0 Å². The lowest BCUT2D eigenvalue weighted by atomic mass is 10.1. The van der Waals surface area contributed by atoms with Gasteiger partial charge in [-0.25, -0.2) is 0 Å². The van der Waals surface area contributed by atoms with Gasteiger partial charge >= 0.3 is 0 Å². The molecule has 0 aromatic carbocycles. The van der Waals surface area contributed by atoms with Crippen LogP contribution in [0.3, 0.4) is 0 Å². The van der Waals surface area contributed by atoms with Gasteiger partial charge in [-0.1, -0.05) is 57.6 Å². The molecule has 0 heterocycles. The Bertz CT molecular complexity index is 124. The van der Waals surface area contributed by atoms with Crippen LogP contribution in [0.5, 0.6) is 0 Å². The largest absolute Gasteiger partial charge is 0.396 e. The first-order chi connectivity index (χ1) is 7.91. The molecular weight excluding hydrogens is 196 g/mol. The van der Waals surface area contributed by atoms with Crippen LogP contribution >= 0.6 is 0 Å². The molecule has 0 rings (SSSR count). The zero-order valence-corrected chi connectivity index (χ0v) is 11.1. The van der Waals surface area contributed by atoms with E-state index in [4.69, 9.17) is 5.11 Å². The maximum atomic E-state index is 8.61. The van der Waals surface area contributed by atoms with E-state index in [2.05, 4.69) is 19.1 Å². The van der Waals surface area contributed by atoms with Gasteiger partial charge in [0.2, 0.25) is 0 Å². The number of hydrogen-bond acceptors (Lipinski definition) is 1. The van der Waals surface area contributed by atoms with Gasteiger partial charge in [0.25, 0.3) is 0 Å². The fourth-order valence-corrected chi connectivity index (χ4v) is 1.83. The molecule has 16 heavy (non-hydrogen) atoms. The average molecular weight is 226 g/mol. The molecule has 0 aliphatic heterocycles. The van der Waals surface area contributed by atoms with E-state index in [1.54, 1.807) is 0 Å². The van der Waals surface area contributed by atoms with Gasteiger partial charge in [0.05, 0.1) is 0 Å². The van der Waals surface area contributed by atoms with Crippen LogP contribution in [0.25, 0.3) is 0 Å². The normalized spacial score (nSPS) is 11.4. The number of aliphatic hydroxyl groups is 1. The van der Waals surface area contributed by atoms with E-state index in [-0.39, 0.29) is 0 Å². The van der Waals surface area contributed by atoms with Crippen molar-refractivity contribution in [2.75, 3.05) is 6.61 Å². The van der Waals surface area contributed by atoms with Gasteiger partial charge in [0, 0.05) is 6.61 Å². The summed E-state index contributed by atoms with van der Waals surface area (Å²) < 4.78 is 0. The van der Waals surface area contributed by atoms with Crippen molar-refractivity contribution in [2.45, 2.75) is 77.6 Å². The fraction of sp³-hybridized carbons (Fsp3) is 0.867. The van der Waals surface area contributed by atoms with Gasteiger partial charge in [-0.2, -0.15) is 0 Å². The van der Waals surface area contributed by atoms with Crippen molar-refractivity contribution < 1.29 is 5.11 Å². The highest BCUT2D eigenvalue weighted by atomic mass is 16.2. The van der Waals surface area contributed by atoms with Crippen LogP contribution in [0.15, 0.2) is 12.2 Å². The summed E-state index contributed by atoms with van der Waals surface area (Å²) in [6.07, 6.45) is 18.8. The lowest BCUT2D eigenvalue weighted by molar-refractivity contribution is 0.282. The first kappa shape index (κ1) is 15.7. The van der Waals surface area contributed by atoms with Crippen LogP contribution in [0.1, 0.15) is 77.6 Å². The van der Waals surface area contributed by atoms with E-state index in [9.17, 15) is 0 Å². The third-order valence-corrected chi connectivity index (χ3v) is 2.92. The molecule has 0 aliphatic carbocycles. The SMILES string of the molecule is CCCCCCC/C=C\CCCCCCO. The third-order valence-electron chi connectivity index (χ3n) is 2.92. The van der Waals surface area contributed by atoms with E-state index in [1.165, 1.54) is 64.2 Å². The quantitative estimate of drug-likeness (QED) is 0.373. The predicted molar refractivity (Wildman–Crippen MR) is 72.7 cm³/mol. The first-order valence-electron chi connectivity index (χ1n) is 7.17. The minimum Gasteiger partial charge on any atom is -0.396 e. The van der Waals surface area contributed by atoms with Crippen LogP contribution in [0.4, 0.5) is 0 Å². The van der Waals surface area contributed by atoms with Gasteiger partial charge < -0.3 is 5.11 Å². The Morgan fingerprint density at radius 3 is 1.69 bits per heavy atom. The second-order valence-electron chi connectivity index (χ2n) is 4.60. The molecule has 0 fully saturated rings. The molecule has 0 aromatic heterocycles. The van der Waals surface area contributed by atoms with E-state index in [1.807, 2.05) is 0 Å². The highest BCUT2D eigenvalue weighted by Gasteiger charge is 1.88. The summed E-state index contributed by atoms with van der Waals surface area (Å²) in [5, 5.41) is 8.61.